The van der Waals surface area contributed by atoms with Gasteiger partial charge in [0.25, 0.3) is 0 Å². The molecule has 0 spiro atoms. The van der Waals surface area contributed by atoms with Gasteiger partial charge in [-0.25, -0.2) is 8.78 Å². The van der Waals surface area contributed by atoms with Gasteiger partial charge in [0.05, 0.1) is 0 Å². The predicted molar refractivity (Wildman–Crippen MR) is 65.9 cm³/mol. The average molecular weight is 256 g/mol. The van der Waals surface area contributed by atoms with Crippen molar-refractivity contribution >= 4 is 5.91 Å². The highest BCUT2D eigenvalue weighted by atomic mass is 19.1. The van der Waals surface area contributed by atoms with Crippen molar-refractivity contribution in [3.8, 4) is 0 Å². The summed E-state index contributed by atoms with van der Waals surface area (Å²) in [5.41, 5.74) is 5.70. The first-order chi connectivity index (χ1) is 8.58. The highest BCUT2D eigenvalue weighted by Crippen LogP contribution is 2.10. The molecule has 0 bridgehead atoms. The predicted octanol–water partition coefficient (Wildman–Crippen LogP) is 1.61. The third-order valence-electron chi connectivity index (χ3n) is 2.85. The molecule has 0 radical (unpaired) electrons. The lowest BCUT2D eigenvalue weighted by Crippen LogP contribution is -2.35. The summed E-state index contributed by atoms with van der Waals surface area (Å²) in [5.74, 6) is -1.30. The van der Waals surface area contributed by atoms with Crippen LogP contribution >= 0.6 is 0 Å². The highest BCUT2D eigenvalue weighted by molar-refractivity contribution is 5.78. The Morgan fingerprint density at radius 1 is 1.44 bits per heavy atom. The Hall–Kier alpha value is -1.49. The summed E-state index contributed by atoms with van der Waals surface area (Å²) < 4.78 is 26.2. The number of carbonyl (C=O) groups is 1. The van der Waals surface area contributed by atoms with Gasteiger partial charge in [-0.3, -0.25) is 4.79 Å². The largest absolute Gasteiger partial charge is 0.355 e. The second kappa shape index (κ2) is 7.06. The quantitative estimate of drug-likeness (QED) is 0.812. The summed E-state index contributed by atoms with van der Waals surface area (Å²) >= 11 is 0. The Kier molecular flexibility index (Phi) is 5.71. The van der Waals surface area contributed by atoms with Crippen LogP contribution in [0.2, 0.25) is 0 Å². The molecule has 3 nitrogen and oxygen atoms in total. The number of amides is 1. The van der Waals surface area contributed by atoms with E-state index in [4.69, 9.17) is 5.73 Å². The number of benzene rings is 1. The van der Waals surface area contributed by atoms with E-state index in [1.165, 1.54) is 0 Å². The minimum Gasteiger partial charge on any atom is -0.355 e. The number of hydrogen-bond donors (Lipinski definition) is 2. The van der Waals surface area contributed by atoms with E-state index in [1.807, 2.05) is 6.92 Å². The van der Waals surface area contributed by atoms with E-state index in [2.05, 4.69) is 5.32 Å². The maximum absolute atomic E-state index is 13.3. The topological polar surface area (TPSA) is 55.1 Å². The molecule has 1 unspecified atom stereocenters. The van der Waals surface area contributed by atoms with Gasteiger partial charge < -0.3 is 11.1 Å². The Labute approximate surface area is 105 Å². The van der Waals surface area contributed by atoms with E-state index in [1.54, 1.807) is 0 Å². The zero-order valence-electron chi connectivity index (χ0n) is 10.4. The van der Waals surface area contributed by atoms with Crippen LogP contribution in [0.3, 0.4) is 0 Å². The van der Waals surface area contributed by atoms with Crippen molar-refractivity contribution in [1.29, 1.82) is 0 Å². The van der Waals surface area contributed by atoms with Crippen molar-refractivity contribution in [3.05, 3.63) is 35.4 Å². The van der Waals surface area contributed by atoms with Gasteiger partial charge in [-0.2, -0.15) is 0 Å². The molecule has 0 aliphatic heterocycles. The second-order valence-corrected chi connectivity index (χ2v) is 4.12. The molecule has 5 heteroatoms. The molecule has 1 rings (SSSR count). The first-order valence-electron chi connectivity index (χ1n) is 6.00. The zero-order chi connectivity index (χ0) is 13.5. The fourth-order valence-electron chi connectivity index (χ4n) is 1.66. The van der Waals surface area contributed by atoms with E-state index in [-0.39, 0.29) is 36.9 Å². The molecule has 0 heterocycles. The van der Waals surface area contributed by atoms with Gasteiger partial charge in [0.2, 0.25) is 5.91 Å². The molecule has 1 atom stereocenters. The third-order valence-corrected chi connectivity index (χ3v) is 2.85. The van der Waals surface area contributed by atoms with Crippen LogP contribution in [0.1, 0.15) is 18.9 Å². The maximum atomic E-state index is 13.3. The smallest absolute Gasteiger partial charge is 0.224 e. The van der Waals surface area contributed by atoms with Crippen LogP contribution in [0.25, 0.3) is 0 Å². The summed E-state index contributed by atoms with van der Waals surface area (Å²) in [6.07, 6.45) is 0.924. The summed E-state index contributed by atoms with van der Waals surface area (Å²) in [4.78, 5) is 11.6. The molecule has 0 saturated heterocycles. The van der Waals surface area contributed by atoms with Crippen LogP contribution in [0.15, 0.2) is 18.2 Å². The van der Waals surface area contributed by atoms with Crippen LogP contribution in [-0.2, 0) is 11.2 Å². The fraction of sp³-hybridized carbons (Fsp3) is 0.462. The van der Waals surface area contributed by atoms with Crippen molar-refractivity contribution in [1.82, 2.24) is 5.32 Å². The number of hydrogen-bond acceptors (Lipinski definition) is 2. The summed E-state index contributed by atoms with van der Waals surface area (Å²) in [5, 5.41) is 2.67. The SMILES string of the molecule is CCC(CN)C(=O)NCCc1cc(F)ccc1F. The normalized spacial score (nSPS) is 12.2. The van der Waals surface area contributed by atoms with E-state index < -0.39 is 11.6 Å². The van der Waals surface area contributed by atoms with Gasteiger partial charge in [0.1, 0.15) is 11.6 Å². The van der Waals surface area contributed by atoms with Gasteiger partial charge >= 0.3 is 0 Å². The molecule has 1 aromatic carbocycles. The molecule has 0 aliphatic carbocycles. The van der Waals surface area contributed by atoms with Crippen molar-refractivity contribution in [2.45, 2.75) is 19.8 Å². The minimum atomic E-state index is -0.480. The number of halogens is 2. The molecule has 3 N–H and O–H groups in total. The number of nitrogens with two attached hydrogens (primary N) is 1. The molecular formula is C13H18F2N2O. The van der Waals surface area contributed by atoms with Gasteiger partial charge in [0, 0.05) is 19.0 Å². The lowest BCUT2D eigenvalue weighted by Gasteiger charge is -2.12. The summed E-state index contributed by atoms with van der Waals surface area (Å²) in [6.45, 7) is 2.44. The van der Waals surface area contributed by atoms with Crippen LogP contribution in [0, 0.1) is 17.6 Å². The Morgan fingerprint density at radius 2 is 2.17 bits per heavy atom. The van der Waals surface area contributed by atoms with Crippen molar-refractivity contribution in [3.63, 3.8) is 0 Å². The standard InChI is InChI=1S/C13H18F2N2O/c1-2-9(8-16)13(18)17-6-5-10-7-11(14)3-4-12(10)15/h3-4,7,9H,2,5-6,8,16H2,1H3,(H,17,18). The molecule has 0 aromatic heterocycles. The Balaban J connectivity index is 2.46. The second-order valence-electron chi connectivity index (χ2n) is 4.12. The van der Waals surface area contributed by atoms with Crippen LogP contribution in [0.5, 0.6) is 0 Å². The van der Waals surface area contributed by atoms with Gasteiger partial charge in [0.15, 0.2) is 0 Å². The van der Waals surface area contributed by atoms with E-state index in [0.717, 1.165) is 18.2 Å². The molecule has 1 aromatic rings. The molecule has 0 fully saturated rings. The number of rotatable bonds is 6. The van der Waals surface area contributed by atoms with Crippen molar-refractivity contribution in [2.75, 3.05) is 13.1 Å². The zero-order valence-corrected chi connectivity index (χ0v) is 10.4. The van der Waals surface area contributed by atoms with Gasteiger partial charge in [-0.1, -0.05) is 6.92 Å². The van der Waals surface area contributed by atoms with Gasteiger partial charge in [-0.15, -0.1) is 0 Å². The van der Waals surface area contributed by atoms with Crippen LogP contribution < -0.4 is 11.1 Å². The lowest BCUT2D eigenvalue weighted by atomic mass is 10.1. The third kappa shape index (κ3) is 4.07. The molecular weight excluding hydrogens is 238 g/mol. The molecule has 0 saturated carbocycles. The summed E-state index contributed by atoms with van der Waals surface area (Å²) in [6, 6.07) is 3.29. The van der Waals surface area contributed by atoms with E-state index in [9.17, 15) is 13.6 Å². The van der Waals surface area contributed by atoms with E-state index in [0.29, 0.717) is 6.42 Å². The average Bonchev–Trinajstić information content (AvgIpc) is 2.35. The first-order valence-corrected chi connectivity index (χ1v) is 6.00. The Bertz CT molecular complexity index is 406. The minimum absolute atomic E-state index is 0.142. The van der Waals surface area contributed by atoms with Crippen molar-refractivity contribution in [2.24, 2.45) is 11.7 Å². The lowest BCUT2D eigenvalue weighted by molar-refractivity contribution is -0.124. The summed E-state index contributed by atoms with van der Waals surface area (Å²) in [7, 11) is 0. The number of carbonyl (C=O) groups excluding carboxylic acids is 1. The van der Waals surface area contributed by atoms with Crippen LogP contribution in [-0.4, -0.2) is 19.0 Å². The highest BCUT2D eigenvalue weighted by Gasteiger charge is 2.13. The Morgan fingerprint density at radius 3 is 2.78 bits per heavy atom. The molecule has 1 amide bonds. The first kappa shape index (κ1) is 14.6. The van der Waals surface area contributed by atoms with Crippen LogP contribution in [0.4, 0.5) is 8.78 Å². The van der Waals surface area contributed by atoms with E-state index >= 15 is 0 Å². The fourth-order valence-corrected chi connectivity index (χ4v) is 1.66. The molecule has 100 valence electrons. The number of nitrogens with one attached hydrogen (secondary N) is 1. The maximum Gasteiger partial charge on any atom is 0.224 e. The monoisotopic (exact) mass is 256 g/mol. The molecule has 18 heavy (non-hydrogen) atoms. The van der Waals surface area contributed by atoms with Gasteiger partial charge in [-0.05, 0) is 36.6 Å². The molecule has 0 aliphatic rings. The van der Waals surface area contributed by atoms with Crippen molar-refractivity contribution < 1.29 is 13.6 Å².